The van der Waals surface area contributed by atoms with Crippen molar-refractivity contribution in [2.45, 2.75) is 19.3 Å². The number of aromatic amines is 1. The van der Waals surface area contributed by atoms with E-state index >= 15 is 0 Å². The lowest BCUT2D eigenvalue weighted by atomic mass is 9.95. The molecule has 2 aromatic rings. The van der Waals surface area contributed by atoms with E-state index in [1.807, 2.05) is 0 Å². The zero-order chi connectivity index (χ0) is 11.1. The van der Waals surface area contributed by atoms with Crippen LogP contribution in [0.4, 0.5) is 0 Å². The smallest absolute Gasteiger partial charge is 0.0459 e. The highest BCUT2D eigenvalue weighted by Crippen LogP contribution is 2.33. The Labute approximate surface area is 104 Å². The minimum absolute atomic E-state index is 0.669. The summed E-state index contributed by atoms with van der Waals surface area (Å²) in [6.45, 7) is 4.44. The number of rotatable bonds is 1. The first-order chi connectivity index (χ1) is 7.75. The van der Waals surface area contributed by atoms with Crippen LogP contribution in [-0.4, -0.2) is 18.1 Å². The second kappa shape index (κ2) is 3.90. The highest BCUT2D eigenvalue weighted by Gasteiger charge is 2.22. The molecular weight excluding hydrogens is 264 g/mol. The highest BCUT2D eigenvalue weighted by molar-refractivity contribution is 9.10. The SMILES string of the molecule is Cc1[nH]c2ccc(Br)cc2c1C1CCNC1. The van der Waals surface area contributed by atoms with Crippen LogP contribution in [0.2, 0.25) is 0 Å². The molecular formula is C13H15BrN2. The van der Waals surface area contributed by atoms with Crippen molar-refractivity contribution >= 4 is 26.8 Å². The number of H-pyrrole nitrogens is 1. The Morgan fingerprint density at radius 2 is 2.25 bits per heavy atom. The molecule has 1 aliphatic heterocycles. The maximum atomic E-state index is 3.55. The van der Waals surface area contributed by atoms with Gasteiger partial charge in [-0.3, -0.25) is 0 Å². The van der Waals surface area contributed by atoms with Crippen LogP contribution in [0, 0.1) is 6.92 Å². The average molecular weight is 279 g/mol. The van der Waals surface area contributed by atoms with Gasteiger partial charge in [-0.15, -0.1) is 0 Å². The average Bonchev–Trinajstić information content (AvgIpc) is 2.83. The van der Waals surface area contributed by atoms with Gasteiger partial charge in [0.05, 0.1) is 0 Å². The van der Waals surface area contributed by atoms with E-state index in [9.17, 15) is 0 Å². The molecule has 2 N–H and O–H groups in total. The van der Waals surface area contributed by atoms with Crippen molar-refractivity contribution in [2.24, 2.45) is 0 Å². The summed E-state index contributed by atoms with van der Waals surface area (Å²) < 4.78 is 1.16. The predicted octanol–water partition coefficient (Wildman–Crippen LogP) is 3.32. The van der Waals surface area contributed by atoms with E-state index in [2.05, 4.69) is 51.4 Å². The van der Waals surface area contributed by atoms with Gasteiger partial charge in [0.25, 0.3) is 0 Å². The van der Waals surface area contributed by atoms with Gasteiger partial charge in [-0.05, 0) is 49.6 Å². The molecule has 0 amide bonds. The van der Waals surface area contributed by atoms with Crippen LogP contribution in [-0.2, 0) is 0 Å². The third-order valence-electron chi connectivity index (χ3n) is 3.47. The van der Waals surface area contributed by atoms with E-state index in [4.69, 9.17) is 0 Å². The number of fused-ring (bicyclic) bond motifs is 1. The topological polar surface area (TPSA) is 27.8 Å². The zero-order valence-corrected chi connectivity index (χ0v) is 10.9. The maximum Gasteiger partial charge on any atom is 0.0459 e. The number of nitrogens with one attached hydrogen (secondary N) is 2. The normalized spacial score (nSPS) is 20.8. The first-order valence-corrected chi connectivity index (χ1v) is 6.53. The first kappa shape index (κ1) is 10.4. The molecule has 0 spiro atoms. The lowest BCUT2D eigenvalue weighted by Crippen LogP contribution is -2.08. The van der Waals surface area contributed by atoms with Gasteiger partial charge in [0, 0.05) is 27.6 Å². The fraction of sp³-hybridized carbons (Fsp3) is 0.385. The Kier molecular flexibility index (Phi) is 2.52. The fourth-order valence-corrected chi connectivity index (χ4v) is 3.11. The van der Waals surface area contributed by atoms with Crippen LogP contribution in [0.1, 0.15) is 23.6 Å². The van der Waals surface area contributed by atoms with E-state index in [1.165, 1.54) is 28.6 Å². The minimum Gasteiger partial charge on any atom is -0.358 e. The lowest BCUT2D eigenvalue weighted by molar-refractivity contribution is 0.763. The van der Waals surface area contributed by atoms with Gasteiger partial charge in [-0.1, -0.05) is 15.9 Å². The standard InChI is InChI=1S/C13H15BrN2/c1-8-13(9-4-5-15-7-9)11-6-10(14)2-3-12(11)16-8/h2-3,6,9,15-16H,4-5,7H2,1H3. The molecule has 0 saturated carbocycles. The predicted molar refractivity (Wildman–Crippen MR) is 71.0 cm³/mol. The lowest BCUT2D eigenvalue weighted by Gasteiger charge is -2.08. The van der Waals surface area contributed by atoms with Gasteiger partial charge in [0.1, 0.15) is 0 Å². The van der Waals surface area contributed by atoms with Crippen molar-refractivity contribution in [1.82, 2.24) is 10.3 Å². The van der Waals surface area contributed by atoms with Gasteiger partial charge in [0.2, 0.25) is 0 Å². The van der Waals surface area contributed by atoms with Gasteiger partial charge < -0.3 is 10.3 Å². The first-order valence-electron chi connectivity index (χ1n) is 5.74. The summed E-state index contributed by atoms with van der Waals surface area (Å²) in [5, 5.41) is 4.82. The van der Waals surface area contributed by atoms with Gasteiger partial charge in [0.15, 0.2) is 0 Å². The Morgan fingerprint density at radius 1 is 1.38 bits per heavy atom. The summed E-state index contributed by atoms with van der Waals surface area (Å²) in [6, 6.07) is 6.47. The molecule has 1 aliphatic rings. The number of halogens is 1. The molecule has 2 nitrogen and oxygen atoms in total. The third kappa shape index (κ3) is 1.59. The summed E-state index contributed by atoms with van der Waals surface area (Å²) in [4.78, 5) is 3.48. The molecule has 1 saturated heterocycles. The largest absolute Gasteiger partial charge is 0.358 e. The molecule has 1 atom stereocenters. The number of hydrogen-bond acceptors (Lipinski definition) is 1. The Morgan fingerprint density at radius 3 is 3.00 bits per heavy atom. The summed E-state index contributed by atoms with van der Waals surface area (Å²) in [6.07, 6.45) is 1.25. The van der Waals surface area contributed by atoms with Crippen molar-refractivity contribution < 1.29 is 0 Å². The van der Waals surface area contributed by atoms with Gasteiger partial charge in [-0.25, -0.2) is 0 Å². The van der Waals surface area contributed by atoms with E-state index < -0.39 is 0 Å². The van der Waals surface area contributed by atoms with E-state index in [1.54, 1.807) is 0 Å². The monoisotopic (exact) mass is 278 g/mol. The number of hydrogen-bond donors (Lipinski definition) is 2. The molecule has 1 aromatic heterocycles. The van der Waals surface area contributed by atoms with Crippen LogP contribution < -0.4 is 5.32 Å². The maximum absolute atomic E-state index is 3.55. The van der Waals surface area contributed by atoms with Crippen LogP contribution in [0.3, 0.4) is 0 Å². The Balaban J connectivity index is 2.20. The van der Waals surface area contributed by atoms with Gasteiger partial charge in [-0.2, -0.15) is 0 Å². The summed E-state index contributed by atoms with van der Waals surface area (Å²) in [5.74, 6) is 0.669. The molecule has 3 rings (SSSR count). The zero-order valence-electron chi connectivity index (χ0n) is 9.31. The summed E-state index contributed by atoms with van der Waals surface area (Å²) in [7, 11) is 0. The summed E-state index contributed by atoms with van der Waals surface area (Å²) in [5.41, 5.74) is 4.07. The molecule has 1 aromatic carbocycles. The van der Waals surface area contributed by atoms with Crippen molar-refractivity contribution in [3.8, 4) is 0 Å². The van der Waals surface area contributed by atoms with Crippen LogP contribution in [0.5, 0.6) is 0 Å². The molecule has 1 unspecified atom stereocenters. The number of aryl methyl sites for hydroxylation is 1. The molecule has 16 heavy (non-hydrogen) atoms. The van der Waals surface area contributed by atoms with Crippen molar-refractivity contribution in [3.63, 3.8) is 0 Å². The Hall–Kier alpha value is -0.800. The molecule has 0 radical (unpaired) electrons. The molecule has 1 fully saturated rings. The Bertz CT molecular complexity index is 524. The van der Waals surface area contributed by atoms with E-state index in [-0.39, 0.29) is 0 Å². The van der Waals surface area contributed by atoms with Crippen LogP contribution >= 0.6 is 15.9 Å². The van der Waals surface area contributed by atoms with E-state index in [0.29, 0.717) is 5.92 Å². The second-order valence-corrected chi connectivity index (χ2v) is 5.46. The van der Waals surface area contributed by atoms with Crippen molar-refractivity contribution in [1.29, 1.82) is 0 Å². The fourth-order valence-electron chi connectivity index (χ4n) is 2.75. The minimum atomic E-state index is 0.669. The molecule has 2 heterocycles. The highest BCUT2D eigenvalue weighted by atomic mass is 79.9. The summed E-state index contributed by atoms with van der Waals surface area (Å²) >= 11 is 3.55. The van der Waals surface area contributed by atoms with Crippen molar-refractivity contribution in [3.05, 3.63) is 33.9 Å². The third-order valence-corrected chi connectivity index (χ3v) is 3.96. The van der Waals surface area contributed by atoms with Crippen LogP contribution in [0.25, 0.3) is 10.9 Å². The molecule has 3 heteroatoms. The second-order valence-electron chi connectivity index (χ2n) is 4.54. The number of aromatic nitrogens is 1. The van der Waals surface area contributed by atoms with Gasteiger partial charge >= 0.3 is 0 Å². The number of benzene rings is 1. The quantitative estimate of drug-likeness (QED) is 0.823. The van der Waals surface area contributed by atoms with Crippen molar-refractivity contribution in [2.75, 3.05) is 13.1 Å². The molecule has 84 valence electrons. The molecule has 0 bridgehead atoms. The van der Waals surface area contributed by atoms with Crippen LogP contribution in [0.15, 0.2) is 22.7 Å². The molecule has 0 aliphatic carbocycles. The van der Waals surface area contributed by atoms with E-state index in [0.717, 1.165) is 17.6 Å².